The van der Waals surface area contributed by atoms with Crippen LogP contribution in [0.4, 0.5) is 5.82 Å². The maximum Gasteiger partial charge on any atom is 0.178 e. The Kier molecular flexibility index (Phi) is 4.95. The highest BCUT2D eigenvalue weighted by Gasteiger charge is 2.27. The molecule has 0 aromatic carbocycles. The van der Waals surface area contributed by atoms with Gasteiger partial charge in [0.2, 0.25) is 0 Å². The van der Waals surface area contributed by atoms with Crippen LogP contribution in [0.25, 0.3) is 11.5 Å². The molecule has 0 saturated heterocycles. The SMILES string of the molecule is Cc1ccc(N2CCc3nc(-c4ccccn4)ncc3C2C)nc1C.N. The number of hydrogen-bond donors (Lipinski definition) is 1. The van der Waals surface area contributed by atoms with Gasteiger partial charge >= 0.3 is 0 Å². The predicted octanol–water partition coefficient (Wildman–Crippen LogP) is 3.84. The summed E-state index contributed by atoms with van der Waals surface area (Å²) in [6.07, 6.45) is 4.61. The molecule has 0 fully saturated rings. The lowest BCUT2D eigenvalue weighted by Gasteiger charge is -2.35. The zero-order chi connectivity index (χ0) is 17.4. The molecule has 0 amide bonds. The van der Waals surface area contributed by atoms with Gasteiger partial charge < -0.3 is 11.1 Å². The van der Waals surface area contributed by atoms with E-state index in [-0.39, 0.29) is 12.2 Å². The van der Waals surface area contributed by atoms with Crippen molar-refractivity contribution in [2.24, 2.45) is 0 Å². The van der Waals surface area contributed by atoms with E-state index in [1.54, 1.807) is 6.20 Å². The van der Waals surface area contributed by atoms with E-state index in [1.807, 2.05) is 24.4 Å². The van der Waals surface area contributed by atoms with Gasteiger partial charge in [-0.2, -0.15) is 0 Å². The fraction of sp³-hybridized carbons (Fsp3) is 0.300. The van der Waals surface area contributed by atoms with Crippen LogP contribution in [0, 0.1) is 13.8 Å². The number of nitrogens with zero attached hydrogens (tertiary/aromatic N) is 5. The van der Waals surface area contributed by atoms with Gasteiger partial charge in [0.1, 0.15) is 11.5 Å². The third-order valence-corrected chi connectivity index (χ3v) is 4.93. The van der Waals surface area contributed by atoms with Crippen LogP contribution in [0.5, 0.6) is 0 Å². The zero-order valence-electron chi connectivity index (χ0n) is 15.5. The van der Waals surface area contributed by atoms with Gasteiger partial charge in [0, 0.05) is 36.6 Å². The summed E-state index contributed by atoms with van der Waals surface area (Å²) in [7, 11) is 0. The van der Waals surface area contributed by atoms with Gasteiger partial charge in [-0.3, -0.25) is 4.98 Å². The molecule has 0 aliphatic carbocycles. The number of aromatic nitrogens is 4. The first-order valence-corrected chi connectivity index (χ1v) is 8.61. The molecule has 3 aromatic heterocycles. The van der Waals surface area contributed by atoms with Crippen molar-refractivity contribution in [3.05, 3.63) is 65.2 Å². The quantitative estimate of drug-likeness (QED) is 0.757. The molecule has 0 saturated carbocycles. The van der Waals surface area contributed by atoms with Crippen molar-refractivity contribution in [3.8, 4) is 11.5 Å². The van der Waals surface area contributed by atoms with E-state index in [0.29, 0.717) is 5.82 Å². The lowest BCUT2D eigenvalue weighted by molar-refractivity contribution is 0.601. The molecule has 1 unspecified atom stereocenters. The number of pyridine rings is 2. The minimum atomic E-state index is 0. The highest BCUT2D eigenvalue weighted by Crippen LogP contribution is 2.32. The molecule has 134 valence electrons. The average molecular weight is 348 g/mol. The third kappa shape index (κ3) is 3.15. The van der Waals surface area contributed by atoms with E-state index in [1.165, 1.54) is 11.1 Å². The summed E-state index contributed by atoms with van der Waals surface area (Å²) < 4.78 is 0. The standard InChI is InChI=1S/C20H21N5.H3N/c1-13-7-8-19(23-14(13)2)25-11-9-17-16(15(25)3)12-22-20(24-17)18-6-4-5-10-21-18;/h4-8,10,12,15H,9,11H2,1-3H3;1H3. The lowest BCUT2D eigenvalue weighted by atomic mass is 9.99. The molecule has 26 heavy (non-hydrogen) atoms. The maximum absolute atomic E-state index is 4.77. The van der Waals surface area contributed by atoms with Gasteiger partial charge in [0.05, 0.1) is 11.7 Å². The number of rotatable bonds is 2. The van der Waals surface area contributed by atoms with Gasteiger partial charge in [0.25, 0.3) is 0 Å². The first kappa shape index (κ1) is 17.9. The largest absolute Gasteiger partial charge is 0.349 e. The molecule has 0 bridgehead atoms. The van der Waals surface area contributed by atoms with Crippen molar-refractivity contribution in [2.75, 3.05) is 11.4 Å². The molecule has 3 aromatic rings. The van der Waals surface area contributed by atoms with Gasteiger partial charge in [-0.05, 0) is 44.5 Å². The summed E-state index contributed by atoms with van der Waals surface area (Å²) in [6, 6.07) is 10.3. The van der Waals surface area contributed by atoms with Crippen LogP contribution in [0.15, 0.2) is 42.7 Å². The smallest absolute Gasteiger partial charge is 0.178 e. The summed E-state index contributed by atoms with van der Waals surface area (Å²) in [4.78, 5) is 20.8. The Morgan fingerprint density at radius 1 is 1.04 bits per heavy atom. The minimum Gasteiger partial charge on any atom is -0.349 e. The van der Waals surface area contributed by atoms with Crippen LogP contribution in [0.1, 0.15) is 35.5 Å². The topological polar surface area (TPSA) is 89.8 Å². The molecular weight excluding hydrogens is 324 g/mol. The zero-order valence-corrected chi connectivity index (χ0v) is 15.5. The fourth-order valence-electron chi connectivity index (χ4n) is 3.27. The van der Waals surface area contributed by atoms with Crippen molar-refractivity contribution in [2.45, 2.75) is 33.2 Å². The predicted molar refractivity (Wildman–Crippen MR) is 103 cm³/mol. The second-order valence-electron chi connectivity index (χ2n) is 6.50. The summed E-state index contributed by atoms with van der Waals surface area (Å²) in [5, 5.41) is 0. The van der Waals surface area contributed by atoms with Crippen molar-refractivity contribution < 1.29 is 0 Å². The Morgan fingerprint density at radius 3 is 2.62 bits per heavy atom. The Bertz CT molecular complexity index is 909. The second kappa shape index (κ2) is 7.17. The van der Waals surface area contributed by atoms with Crippen molar-refractivity contribution in [3.63, 3.8) is 0 Å². The van der Waals surface area contributed by atoms with E-state index >= 15 is 0 Å². The summed E-state index contributed by atoms with van der Waals surface area (Å²) >= 11 is 0. The van der Waals surface area contributed by atoms with Crippen molar-refractivity contribution >= 4 is 5.82 Å². The summed E-state index contributed by atoms with van der Waals surface area (Å²) in [5.41, 5.74) is 5.40. The Balaban J connectivity index is 0.00000196. The van der Waals surface area contributed by atoms with Gasteiger partial charge in [-0.25, -0.2) is 15.0 Å². The molecule has 0 radical (unpaired) electrons. The van der Waals surface area contributed by atoms with E-state index < -0.39 is 0 Å². The summed E-state index contributed by atoms with van der Waals surface area (Å²) in [6.45, 7) is 7.25. The highest BCUT2D eigenvalue weighted by atomic mass is 15.2. The molecule has 6 nitrogen and oxygen atoms in total. The molecule has 6 heteroatoms. The Labute approximate surface area is 154 Å². The van der Waals surface area contributed by atoms with Crippen molar-refractivity contribution in [1.29, 1.82) is 0 Å². The van der Waals surface area contributed by atoms with E-state index in [4.69, 9.17) is 9.97 Å². The highest BCUT2D eigenvalue weighted by molar-refractivity contribution is 5.51. The molecule has 1 aliphatic heterocycles. The second-order valence-corrected chi connectivity index (χ2v) is 6.50. The van der Waals surface area contributed by atoms with Gasteiger partial charge in [-0.15, -0.1) is 0 Å². The Morgan fingerprint density at radius 2 is 1.88 bits per heavy atom. The van der Waals surface area contributed by atoms with Crippen LogP contribution in [-0.2, 0) is 6.42 Å². The number of aryl methyl sites for hydroxylation is 2. The monoisotopic (exact) mass is 348 g/mol. The molecule has 1 atom stereocenters. The van der Waals surface area contributed by atoms with Crippen LogP contribution < -0.4 is 11.1 Å². The molecule has 3 N–H and O–H groups in total. The van der Waals surface area contributed by atoms with Gasteiger partial charge in [0.15, 0.2) is 5.82 Å². The van der Waals surface area contributed by atoms with Crippen LogP contribution in [0.3, 0.4) is 0 Å². The normalized spacial score (nSPS) is 16.0. The number of hydrogen-bond acceptors (Lipinski definition) is 6. The number of fused-ring (bicyclic) bond motifs is 1. The molecular formula is C20H24N6. The fourth-order valence-corrected chi connectivity index (χ4v) is 3.27. The Hall–Kier alpha value is -2.86. The number of anilines is 1. The lowest BCUT2D eigenvalue weighted by Crippen LogP contribution is -2.35. The first-order valence-electron chi connectivity index (χ1n) is 8.61. The van der Waals surface area contributed by atoms with E-state index in [2.05, 4.69) is 47.8 Å². The molecule has 1 aliphatic rings. The molecule has 4 rings (SSSR count). The average Bonchev–Trinajstić information content (AvgIpc) is 2.65. The van der Waals surface area contributed by atoms with Crippen LogP contribution in [0.2, 0.25) is 0 Å². The van der Waals surface area contributed by atoms with Crippen LogP contribution >= 0.6 is 0 Å². The van der Waals surface area contributed by atoms with Gasteiger partial charge in [-0.1, -0.05) is 12.1 Å². The third-order valence-electron chi connectivity index (χ3n) is 4.93. The van der Waals surface area contributed by atoms with E-state index in [0.717, 1.165) is 35.9 Å². The maximum atomic E-state index is 4.77. The molecule has 4 heterocycles. The molecule has 0 spiro atoms. The van der Waals surface area contributed by atoms with E-state index in [9.17, 15) is 0 Å². The minimum absolute atomic E-state index is 0. The van der Waals surface area contributed by atoms with Crippen LogP contribution in [-0.4, -0.2) is 26.5 Å². The van der Waals surface area contributed by atoms with Crippen molar-refractivity contribution in [1.82, 2.24) is 26.1 Å². The first-order chi connectivity index (χ1) is 12.1. The summed E-state index contributed by atoms with van der Waals surface area (Å²) in [5.74, 6) is 1.72.